The zero-order chi connectivity index (χ0) is 31.7. The van der Waals surface area contributed by atoms with Crippen LogP contribution in [0.25, 0.3) is 0 Å². The van der Waals surface area contributed by atoms with Crippen LogP contribution in [0.4, 0.5) is 0 Å². The van der Waals surface area contributed by atoms with E-state index in [1.807, 2.05) is 99.6 Å². The van der Waals surface area contributed by atoms with E-state index in [-0.39, 0.29) is 17.4 Å². The number of aliphatic hydroxyl groups excluding tert-OH is 1. The number of hydrogen-bond donors (Lipinski definition) is 1. The van der Waals surface area contributed by atoms with Gasteiger partial charge in [0, 0.05) is 6.54 Å². The van der Waals surface area contributed by atoms with Gasteiger partial charge in [-0.05, 0) is 69.2 Å². The predicted molar refractivity (Wildman–Crippen MR) is 173 cm³/mol. The lowest BCUT2D eigenvalue weighted by Crippen LogP contribution is -2.44. The van der Waals surface area contributed by atoms with Gasteiger partial charge in [0.15, 0.2) is 0 Å². The number of benzene rings is 3. The van der Waals surface area contributed by atoms with Crippen molar-refractivity contribution in [3.8, 4) is 0 Å². The topological polar surface area (TPSA) is 83.9 Å². The van der Waals surface area contributed by atoms with Gasteiger partial charge >= 0.3 is 5.97 Å². The van der Waals surface area contributed by atoms with Gasteiger partial charge in [0.1, 0.15) is 6.10 Å². The van der Waals surface area contributed by atoms with E-state index in [9.17, 15) is 18.3 Å². The highest BCUT2D eigenvalue weighted by Crippen LogP contribution is 2.34. The van der Waals surface area contributed by atoms with Gasteiger partial charge in [-0.2, -0.15) is 4.31 Å². The van der Waals surface area contributed by atoms with Crippen LogP contribution in [0, 0.1) is 32.6 Å². The molecular weight excluding hydrogens is 558 g/mol. The highest BCUT2D eigenvalue weighted by molar-refractivity contribution is 7.89. The van der Waals surface area contributed by atoms with E-state index in [4.69, 9.17) is 4.74 Å². The summed E-state index contributed by atoms with van der Waals surface area (Å²) in [6.07, 6.45) is 3.65. The Hall–Kier alpha value is -3.26. The molecule has 6 nitrogen and oxygen atoms in total. The maximum atomic E-state index is 14.5. The number of rotatable bonds is 14. The molecule has 0 bridgehead atoms. The van der Waals surface area contributed by atoms with E-state index in [0.29, 0.717) is 16.7 Å². The van der Waals surface area contributed by atoms with Gasteiger partial charge in [-0.3, -0.25) is 4.79 Å². The standard InChI is InChI=1S/C36H47NO5S/c1-8-15-25(2)20-21-33(38)29(6)36(39)42-34(32-18-13-10-14-19-32)30(7)37(24-31-16-11-9-12-17-31)43(40,41)35-27(4)22-26(3)23-28(35)5/h9-14,16-23,25,29-30,33-34,38H,8,15,24H2,1-7H3/b21-20+/t25-,29+,30-,33+,34-/m0/s1. The van der Waals surface area contributed by atoms with Crippen LogP contribution in [0.3, 0.4) is 0 Å². The number of allylic oxidation sites excluding steroid dienone is 1. The lowest BCUT2D eigenvalue weighted by atomic mass is 9.99. The molecule has 1 N–H and O–H groups in total. The molecule has 0 unspecified atom stereocenters. The highest BCUT2D eigenvalue weighted by atomic mass is 32.2. The minimum Gasteiger partial charge on any atom is -0.455 e. The van der Waals surface area contributed by atoms with E-state index >= 15 is 0 Å². The summed E-state index contributed by atoms with van der Waals surface area (Å²) in [5, 5.41) is 10.8. The molecule has 0 amide bonds. The van der Waals surface area contributed by atoms with Crippen molar-refractivity contribution in [2.24, 2.45) is 11.8 Å². The van der Waals surface area contributed by atoms with Crippen LogP contribution in [0.2, 0.25) is 0 Å². The second-order valence-electron chi connectivity index (χ2n) is 11.7. The fourth-order valence-corrected chi connectivity index (χ4v) is 7.57. The monoisotopic (exact) mass is 605 g/mol. The molecule has 0 heterocycles. The van der Waals surface area contributed by atoms with Crippen molar-refractivity contribution in [1.82, 2.24) is 4.31 Å². The number of nitrogens with zero attached hydrogens (tertiary/aromatic N) is 1. The molecule has 0 aliphatic carbocycles. The second-order valence-corrected chi connectivity index (χ2v) is 13.5. The molecule has 0 fully saturated rings. The Labute approximate surface area is 258 Å². The van der Waals surface area contributed by atoms with E-state index in [2.05, 4.69) is 13.8 Å². The summed E-state index contributed by atoms with van der Waals surface area (Å²) in [7, 11) is -4.04. The van der Waals surface area contributed by atoms with Gasteiger partial charge in [-0.15, -0.1) is 0 Å². The third-order valence-electron chi connectivity index (χ3n) is 7.88. The van der Waals surface area contributed by atoms with Gasteiger partial charge in [0.2, 0.25) is 10.0 Å². The summed E-state index contributed by atoms with van der Waals surface area (Å²) >= 11 is 0. The smallest absolute Gasteiger partial charge is 0.312 e. The molecule has 3 rings (SSSR count). The normalized spacial score (nSPS) is 15.7. The lowest BCUT2D eigenvalue weighted by molar-refractivity contribution is -0.159. The third kappa shape index (κ3) is 8.88. The summed E-state index contributed by atoms with van der Waals surface area (Å²) in [5.74, 6) is -1.16. The Kier molecular flexibility index (Phi) is 12.3. The first kappa shape index (κ1) is 34.2. The first-order chi connectivity index (χ1) is 20.4. The van der Waals surface area contributed by atoms with Crippen molar-refractivity contribution in [3.05, 3.63) is 113 Å². The molecule has 0 aliphatic rings. The average molecular weight is 606 g/mol. The molecule has 0 aliphatic heterocycles. The SMILES string of the molecule is CCC[C@H](C)/C=C/[C@@H](O)[C@@H](C)C(=O)O[C@H](c1ccccc1)[C@H](C)N(Cc1ccccc1)S(=O)(=O)c1c(C)cc(C)cc1C. The number of esters is 1. The summed E-state index contributed by atoms with van der Waals surface area (Å²) in [6.45, 7) is 13.2. The van der Waals surface area contributed by atoms with Crippen LogP contribution in [0.5, 0.6) is 0 Å². The largest absolute Gasteiger partial charge is 0.455 e. The minimum absolute atomic E-state index is 0.0915. The zero-order valence-electron chi connectivity index (χ0n) is 26.5. The van der Waals surface area contributed by atoms with E-state index < -0.39 is 40.2 Å². The fourth-order valence-electron chi connectivity index (χ4n) is 5.53. The Morgan fingerprint density at radius 2 is 1.47 bits per heavy atom. The number of hydrogen-bond acceptors (Lipinski definition) is 5. The second kappa shape index (κ2) is 15.5. The van der Waals surface area contributed by atoms with Crippen molar-refractivity contribution in [3.63, 3.8) is 0 Å². The van der Waals surface area contributed by atoms with E-state index in [1.54, 1.807) is 19.9 Å². The fraction of sp³-hybridized carbons (Fsp3) is 0.417. The molecule has 7 heteroatoms. The van der Waals surface area contributed by atoms with E-state index in [1.165, 1.54) is 4.31 Å². The molecule has 43 heavy (non-hydrogen) atoms. The minimum atomic E-state index is -4.04. The Bertz CT molecular complexity index is 1450. The molecular formula is C36H47NO5S. The number of carbonyl (C=O) groups excluding carboxylic acids is 1. The maximum Gasteiger partial charge on any atom is 0.312 e. The third-order valence-corrected chi connectivity index (χ3v) is 10.1. The van der Waals surface area contributed by atoms with Crippen LogP contribution in [0.1, 0.15) is 74.5 Å². The van der Waals surface area contributed by atoms with Crippen LogP contribution in [-0.2, 0) is 26.1 Å². The number of aliphatic hydroxyl groups is 1. The molecule has 0 saturated heterocycles. The van der Waals surface area contributed by atoms with Gasteiger partial charge in [-0.1, -0.05) is 111 Å². The molecule has 0 aromatic heterocycles. The Morgan fingerprint density at radius 3 is 2.02 bits per heavy atom. The first-order valence-electron chi connectivity index (χ1n) is 15.1. The van der Waals surface area contributed by atoms with Crippen molar-refractivity contribution in [2.75, 3.05) is 0 Å². The molecule has 5 atom stereocenters. The summed E-state index contributed by atoms with van der Waals surface area (Å²) in [4.78, 5) is 13.8. The predicted octanol–water partition coefficient (Wildman–Crippen LogP) is 7.47. The van der Waals surface area contributed by atoms with Gasteiger partial charge in [0.25, 0.3) is 0 Å². The quantitative estimate of drug-likeness (QED) is 0.152. The molecule has 232 valence electrons. The first-order valence-corrected chi connectivity index (χ1v) is 16.6. The molecule has 0 spiro atoms. The van der Waals surface area contributed by atoms with Crippen LogP contribution >= 0.6 is 0 Å². The van der Waals surface area contributed by atoms with Crippen LogP contribution in [-0.4, -0.2) is 35.9 Å². The average Bonchev–Trinajstić information content (AvgIpc) is 2.97. The van der Waals surface area contributed by atoms with Crippen molar-refractivity contribution >= 4 is 16.0 Å². The molecule has 0 saturated carbocycles. The summed E-state index contributed by atoms with van der Waals surface area (Å²) in [5.41, 5.74) is 3.79. The molecule has 3 aromatic rings. The van der Waals surface area contributed by atoms with E-state index in [0.717, 1.165) is 24.0 Å². The number of sulfonamides is 1. The maximum absolute atomic E-state index is 14.5. The molecule has 0 radical (unpaired) electrons. The molecule has 3 aromatic carbocycles. The number of aryl methyl sites for hydroxylation is 3. The van der Waals surface area contributed by atoms with Crippen LogP contribution < -0.4 is 0 Å². The van der Waals surface area contributed by atoms with Gasteiger partial charge in [-0.25, -0.2) is 8.42 Å². The van der Waals surface area contributed by atoms with Crippen molar-refractivity contribution < 1.29 is 23.1 Å². The highest BCUT2D eigenvalue weighted by Gasteiger charge is 2.38. The Morgan fingerprint density at radius 1 is 0.907 bits per heavy atom. The van der Waals surface area contributed by atoms with Crippen LogP contribution in [0.15, 0.2) is 89.8 Å². The summed E-state index contributed by atoms with van der Waals surface area (Å²) in [6, 6.07) is 21.6. The summed E-state index contributed by atoms with van der Waals surface area (Å²) < 4.78 is 36.6. The van der Waals surface area contributed by atoms with Gasteiger partial charge < -0.3 is 9.84 Å². The van der Waals surface area contributed by atoms with Crippen molar-refractivity contribution in [2.45, 2.75) is 91.0 Å². The number of carbonyl (C=O) groups is 1. The number of ether oxygens (including phenoxy) is 1. The van der Waals surface area contributed by atoms with Crippen molar-refractivity contribution in [1.29, 1.82) is 0 Å². The Balaban J connectivity index is 2.05. The zero-order valence-corrected chi connectivity index (χ0v) is 27.3. The van der Waals surface area contributed by atoms with Gasteiger partial charge in [0.05, 0.1) is 23.0 Å². The lowest BCUT2D eigenvalue weighted by Gasteiger charge is -2.35.